The van der Waals surface area contributed by atoms with Gasteiger partial charge >= 0.3 is 0 Å². The number of hydrogen-bond donors (Lipinski definition) is 1. The van der Waals surface area contributed by atoms with Crippen LogP contribution >= 0.6 is 0 Å². The predicted molar refractivity (Wildman–Crippen MR) is 70.6 cm³/mol. The van der Waals surface area contributed by atoms with Crippen molar-refractivity contribution in [2.24, 2.45) is 11.8 Å². The summed E-state index contributed by atoms with van der Waals surface area (Å²) in [6.45, 7) is 3.65. The zero-order chi connectivity index (χ0) is 11.2. The Morgan fingerprint density at radius 1 is 0.938 bits per heavy atom. The quantitative estimate of drug-likeness (QED) is 0.714. The Balaban J connectivity index is 1.50. The van der Waals surface area contributed by atoms with E-state index in [1.165, 1.54) is 70.8 Å². The Bertz CT molecular complexity index is 180. The van der Waals surface area contributed by atoms with Gasteiger partial charge in [0.25, 0.3) is 0 Å². The average molecular weight is 223 g/mol. The lowest BCUT2D eigenvalue weighted by Crippen LogP contribution is -2.31. The van der Waals surface area contributed by atoms with Gasteiger partial charge in [-0.15, -0.1) is 0 Å². The summed E-state index contributed by atoms with van der Waals surface area (Å²) in [6, 6.07) is 0.753. The lowest BCUT2D eigenvalue weighted by Gasteiger charge is -2.28. The summed E-state index contributed by atoms with van der Waals surface area (Å²) in [5.41, 5.74) is 0. The van der Waals surface area contributed by atoms with Crippen LogP contribution in [0, 0.1) is 11.8 Å². The second-order valence-corrected chi connectivity index (χ2v) is 6.18. The molecule has 0 aliphatic heterocycles. The molecule has 2 rings (SSSR count). The fourth-order valence-electron chi connectivity index (χ4n) is 3.32. The molecule has 0 radical (unpaired) electrons. The monoisotopic (exact) mass is 223 g/mol. The molecule has 1 nitrogen and oxygen atoms in total. The number of nitrogens with one attached hydrogen (secondary N) is 1. The van der Waals surface area contributed by atoms with Gasteiger partial charge < -0.3 is 5.32 Å². The fourth-order valence-corrected chi connectivity index (χ4v) is 3.32. The molecule has 2 aliphatic rings. The molecule has 0 saturated heterocycles. The van der Waals surface area contributed by atoms with Crippen molar-refractivity contribution in [3.8, 4) is 0 Å². The minimum Gasteiger partial charge on any atom is -0.314 e. The Hall–Kier alpha value is -0.0400. The van der Waals surface area contributed by atoms with Crippen LogP contribution in [0.15, 0.2) is 0 Å². The van der Waals surface area contributed by atoms with E-state index in [0.717, 1.165) is 17.9 Å². The lowest BCUT2D eigenvalue weighted by atomic mass is 9.83. The first-order valence-corrected chi connectivity index (χ1v) is 7.58. The van der Waals surface area contributed by atoms with Crippen LogP contribution in [0.4, 0.5) is 0 Å². The van der Waals surface area contributed by atoms with E-state index in [1.807, 2.05) is 0 Å². The summed E-state index contributed by atoms with van der Waals surface area (Å²) in [5, 5.41) is 3.73. The van der Waals surface area contributed by atoms with Crippen LogP contribution in [0.1, 0.15) is 71.1 Å². The highest BCUT2D eigenvalue weighted by Gasteiger charge is 2.18. The molecule has 0 heterocycles. The molecular weight excluding hydrogens is 194 g/mol. The summed E-state index contributed by atoms with van der Waals surface area (Å²) in [7, 11) is 0. The van der Waals surface area contributed by atoms with Gasteiger partial charge in [-0.1, -0.05) is 51.4 Å². The third kappa shape index (κ3) is 4.08. The van der Waals surface area contributed by atoms with Gasteiger partial charge in [-0.2, -0.15) is 0 Å². The average Bonchev–Trinajstić information content (AvgIpc) is 2.23. The Labute approximate surface area is 101 Å². The second kappa shape index (κ2) is 6.64. The van der Waals surface area contributed by atoms with Gasteiger partial charge in [0.05, 0.1) is 0 Å². The zero-order valence-electron chi connectivity index (χ0n) is 11.0. The lowest BCUT2D eigenvalue weighted by molar-refractivity contribution is 0.273. The molecule has 2 saturated carbocycles. The molecule has 0 aromatic heterocycles. The van der Waals surface area contributed by atoms with E-state index >= 15 is 0 Å². The summed E-state index contributed by atoms with van der Waals surface area (Å²) >= 11 is 0. The van der Waals surface area contributed by atoms with Gasteiger partial charge in [0.1, 0.15) is 0 Å². The van der Waals surface area contributed by atoms with Crippen molar-refractivity contribution in [2.75, 3.05) is 6.54 Å². The van der Waals surface area contributed by atoms with Gasteiger partial charge in [0.2, 0.25) is 0 Å². The minimum absolute atomic E-state index is 0.753. The van der Waals surface area contributed by atoms with Crippen molar-refractivity contribution >= 4 is 0 Å². The molecule has 0 bridgehead atoms. The van der Waals surface area contributed by atoms with Crippen LogP contribution in [0.5, 0.6) is 0 Å². The third-order valence-corrected chi connectivity index (χ3v) is 4.68. The molecule has 0 amide bonds. The molecule has 16 heavy (non-hydrogen) atoms. The van der Waals surface area contributed by atoms with E-state index in [9.17, 15) is 0 Å². The maximum absolute atomic E-state index is 3.73. The highest BCUT2D eigenvalue weighted by atomic mass is 14.9. The predicted octanol–water partition coefficient (Wildman–Crippen LogP) is 4.13. The Kier molecular flexibility index (Phi) is 5.15. The Morgan fingerprint density at radius 2 is 1.62 bits per heavy atom. The Morgan fingerprint density at radius 3 is 2.25 bits per heavy atom. The topological polar surface area (TPSA) is 12.0 Å². The standard InChI is InChI=1S/C15H29N/c1-13(12-15-6-3-2-4-7-15)16-11-10-14-8-5-9-14/h13-16H,2-12H2,1H3. The maximum atomic E-state index is 3.73. The molecule has 94 valence electrons. The first-order chi connectivity index (χ1) is 7.84. The molecule has 0 aromatic rings. The molecule has 2 aliphatic carbocycles. The first-order valence-electron chi connectivity index (χ1n) is 7.58. The fraction of sp³-hybridized carbons (Fsp3) is 1.00. The largest absolute Gasteiger partial charge is 0.314 e. The molecular formula is C15H29N. The van der Waals surface area contributed by atoms with Gasteiger partial charge in [0.15, 0.2) is 0 Å². The van der Waals surface area contributed by atoms with Crippen molar-refractivity contribution in [2.45, 2.75) is 77.2 Å². The summed E-state index contributed by atoms with van der Waals surface area (Å²) in [6.07, 6.45) is 14.8. The van der Waals surface area contributed by atoms with E-state index in [2.05, 4.69) is 12.2 Å². The highest BCUT2D eigenvalue weighted by molar-refractivity contribution is 4.74. The molecule has 1 heteroatoms. The highest BCUT2D eigenvalue weighted by Crippen LogP contribution is 2.29. The molecule has 1 atom stereocenters. The van der Waals surface area contributed by atoms with Crippen LogP contribution in [-0.4, -0.2) is 12.6 Å². The van der Waals surface area contributed by atoms with Crippen molar-refractivity contribution < 1.29 is 0 Å². The molecule has 2 fully saturated rings. The van der Waals surface area contributed by atoms with Gasteiger partial charge in [0, 0.05) is 6.04 Å². The van der Waals surface area contributed by atoms with E-state index < -0.39 is 0 Å². The SMILES string of the molecule is CC(CC1CCCCC1)NCCC1CCC1. The molecule has 1 N–H and O–H groups in total. The second-order valence-electron chi connectivity index (χ2n) is 6.18. The smallest absolute Gasteiger partial charge is 0.00413 e. The van der Waals surface area contributed by atoms with Crippen LogP contribution in [0.2, 0.25) is 0 Å². The van der Waals surface area contributed by atoms with Crippen molar-refractivity contribution in [3.63, 3.8) is 0 Å². The van der Waals surface area contributed by atoms with Gasteiger partial charge in [-0.25, -0.2) is 0 Å². The maximum Gasteiger partial charge on any atom is 0.00413 e. The van der Waals surface area contributed by atoms with Crippen LogP contribution in [-0.2, 0) is 0 Å². The van der Waals surface area contributed by atoms with E-state index in [1.54, 1.807) is 0 Å². The van der Waals surface area contributed by atoms with E-state index in [-0.39, 0.29) is 0 Å². The number of rotatable bonds is 6. The molecule has 1 unspecified atom stereocenters. The van der Waals surface area contributed by atoms with Gasteiger partial charge in [-0.05, 0) is 38.1 Å². The zero-order valence-corrected chi connectivity index (χ0v) is 11.0. The number of hydrogen-bond acceptors (Lipinski definition) is 1. The van der Waals surface area contributed by atoms with Gasteiger partial charge in [-0.3, -0.25) is 0 Å². The third-order valence-electron chi connectivity index (χ3n) is 4.68. The first kappa shape index (κ1) is 12.4. The molecule has 0 aromatic carbocycles. The normalized spacial score (nSPS) is 25.3. The van der Waals surface area contributed by atoms with E-state index in [0.29, 0.717) is 0 Å². The van der Waals surface area contributed by atoms with Crippen LogP contribution in [0.3, 0.4) is 0 Å². The summed E-state index contributed by atoms with van der Waals surface area (Å²) in [4.78, 5) is 0. The summed E-state index contributed by atoms with van der Waals surface area (Å²) < 4.78 is 0. The van der Waals surface area contributed by atoms with Crippen LogP contribution in [0.25, 0.3) is 0 Å². The van der Waals surface area contributed by atoms with Crippen LogP contribution < -0.4 is 5.32 Å². The van der Waals surface area contributed by atoms with Crippen molar-refractivity contribution in [3.05, 3.63) is 0 Å². The van der Waals surface area contributed by atoms with E-state index in [4.69, 9.17) is 0 Å². The summed E-state index contributed by atoms with van der Waals surface area (Å²) in [5.74, 6) is 2.09. The minimum atomic E-state index is 0.753. The van der Waals surface area contributed by atoms with Crippen molar-refractivity contribution in [1.29, 1.82) is 0 Å². The van der Waals surface area contributed by atoms with Crippen molar-refractivity contribution in [1.82, 2.24) is 5.32 Å². The molecule has 0 spiro atoms.